The van der Waals surface area contributed by atoms with Crippen LogP contribution in [0, 0.1) is 17.3 Å². The fourth-order valence-corrected chi connectivity index (χ4v) is 7.66. The van der Waals surface area contributed by atoms with Gasteiger partial charge in [-0.25, -0.2) is 0 Å². The molecule has 0 aliphatic heterocycles. The smallest absolute Gasteiger partial charge is 0.255 e. The van der Waals surface area contributed by atoms with E-state index in [0.717, 1.165) is 25.7 Å². The first kappa shape index (κ1) is 30.6. The topological polar surface area (TPSA) is 216 Å². The summed E-state index contributed by atoms with van der Waals surface area (Å²) >= 11 is 0. The third-order valence-corrected chi connectivity index (χ3v) is 9.25. The van der Waals surface area contributed by atoms with Gasteiger partial charge in [0, 0.05) is 31.3 Å². The number of aliphatic hydroxyl groups is 3. The highest BCUT2D eigenvalue weighted by molar-refractivity contribution is 6.35. The first-order chi connectivity index (χ1) is 19.3. The molecule has 0 aromatic heterocycles. The van der Waals surface area contributed by atoms with Crippen LogP contribution in [-0.2, 0) is 35.2 Å². The number of anilines is 1. The predicted octanol–water partition coefficient (Wildman–Crippen LogP) is -0.236. The molecule has 1 amide bonds. The zero-order valence-electron chi connectivity index (χ0n) is 24.2. The minimum absolute atomic E-state index is 0.217. The van der Waals surface area contributed by atoms with Crippen molar-refractivity contribution in [1.82, 2.24) is 4.90 Å². The lowest BCUT2D eigenvalue weighted by Crippen LogP contribution is -2.81. The van der Waals surface area contributed by atoms with E-state index in [1.807, 2.05) is 0 Å². The number of primary amides is 1. The van der Waals surface area contributed by atoms with Crippen LogP contribution >= 0.6 is 0 Å². The van der Waals surface area contributed by atoms with Crippen LogP contribution < -0.4 is 10.6 Å². The van der Waals surface area contributed by atoms with Gasteiger partial charge in [-0.05, 0) is 59.0 Å². The number of rotatable bonds is 6. The molecular formula is C29H33N3O10. The van der Waals surface area contributed by atoms with Crippen LogP contribution in [0.15, 0.2) is 29.0 Å². The highest BCUT2D eigenvalue weighted by atomic mass is 16.3. The molecule has 1 aromatic rings. The summed E-state index contributed by atoms with van der Waals surface area (Å²) in [6, 6.07) is 2.78. The molecule has 4 atom stereocenters. The molecule has 6 N–H and O–H groups in total. The number of fused-ring (bicyclic) bond motifs is 3. The van der Waals surface area contributed by atoms with E-state index in [4.69, 9.17) is 5.73 Å². The highest BCUT2D eigenvalue weighted by Gasteiger charge is 2.81. The van der Waals surface area contributed by atoms with E-state index in [9.17, 15) is 49.2 Å². The number of phenolic OH excluding ortho intramolecular Hbond substituents is 1. The lowest BCUT2D eigenvalue weighted by atomic mass is 9.40. The number of aliphatic hydroxyl groups excluding tert-OH is 2. The average Bonchev–Trinajstić information content (AvgIpc) is 2.85. The minimum Gasteiger partial charge on any atom is -0.509 e. The maximum atomic E-state index is 14.4. The number of nitrogens with two attached hydrogens (primary N) is 1. The first-order valence-corrected chi connectivity index (χ1v) is 13.0. The molecule has 3 aliphatic carbocycles. The second-order valence-corrected chi connectivity index (χ2v) is 11.5. The number of ketones is 5. The molecule has 0 spiro atoms. The Morgan fingerprint density at radius 1 is 0.905 bits per heavy atom. The molecule has 1 aromatic carbocycles. The van der Waals surface area contributed by atoms with E-state index in [1.165, 1.54) is 26.2 Å². The molecular weight excluding hydrogens is 550 g/mol. The standard InChI is InChI=1S/C29H33N3O10/c1-11(33)27(12(2)34)15-10-14-16(31(4)5)8-9-17(36)18(14)21(37)19(15)23(39)29(42)24(40)20(25(30)41)22(38)28(13(3)35,26(27)29)32(6)7/h8-9,15,26,36-38,42H,10H2,1-7H3,(H2,30,41)/t15-,26+,28+,29+/m1/s1. The molecule has 0 unspecified atom stereocenters. The summed E-state index contributed by atoms with van der Waals surface area (Å²) in [6.45, 7) is 2.90. The number of benzene rings is 1. The number of nitrogens with zero attached hydrogens (tertiary/aromatic N) is 2. The van der Waals surface area contributed by atoms with E-state index >= 15 is 0 Å². The molecule has 13 heteroatoms. The summed E-state index contributed by atoms with van der Waals surface area (Å²) < 4.78 is 0. The molecule has 0 radical (unpaired) electrons. The normalized spacial score (nSPS) is 28.2. The van der Waals surface area contributed by atoms with Gasteiger partial charge in [0.15, 0.2) is 11.4 Å². The summed E-state index contributed by atoms with van der Waals surface area (Å²) in [4.78, 5) is 85.1. The van der Waals surface area contributed by atoms with Gasteiger partial charge in [-0.15, -0.1) is 0 Å². The molecule has 0 heterocycles. The van der Waals surface area contributed by atoms with Gasteiger partial charge in [-0.2, -0.15) is 0 Å². The summed E-state index contributed by atoms with van der Waals surface area (Å²) in [5.74, 6) is -14.2. The zero-order valence-corrected chi connectivity index (χ0v) is 24.2. The Balaban J connectivity index is 2.34. The largest absolute Gasteiger partial charge is 0.509 e. The fraction of sp³-hybridized carbons (Fsp3) is 0.448. The molecule has 42 heavy (non-hydrogen) atoms. The highest BCUT2D eigenvalue weighted by Crippen LogP contribution is 2.64. The Labute approximate surface area is 240 Å². The van der Waals surface area contributed by atoms with Crippen LogP contribution in [-0.4, -0.2) is 99.5 Å². The van der Waals surface area contributed by atoms with Gasteiger partial charge in [0.05, 0.1) is 11.5 Å². The van der Waals surface area contributed by atoms with Gasteiger partial charge < -0.3 is 31.1 Å². The van der Waals surface area contributed by atoms with Crippen molar-refractivity contribution in [3.05, 3.63) is 40.2 Å². The SMILES string of the molecule is CC(=O)C1(C(C)=O)[C@@H]2Cc3c(N(C)C)ccc(O)c3C(O)=C2C(=O)[C@]2(O)C(=O)C(C(N)=O)=C(O)[C@](C(C)=O)(N(C)C)[C@H]12. The van der Waals surface area contributed by atoms with E-state index in [0.29, 0.717) is 5.69 Å². The van der Waals surface area contributed by atoms with Crippen LogP contribution in [0.25, 0.3) is 5.76 Å². The number of carbonyl (C=O) groups is 6. The second kappa shape index (κ2) is 9.33. The van der Waals surface area contributed by atoms with Gasteiger partial charge in [0.25, 0.3) is 5.91 Å². The number of hydrogen-bond acceptors (Lipinski definition) is 12. The number of phenols is 1. The average molecular weight is 584 g/mol. The molecule has 3 aliphatic rings. The lowest BCUT2D eigenvalue weighted by Gasteiger charge is -2.62. The summed E-state index contributed by atoms with van der Waals surface area (Å²) in [6.07, 6.45) is -0.336. The van der Waals surface area contributed by atoms with Gasteiger partial charge in [0.1, 0.15) is 45.4 Å². The Morgan fingerprint density at radius 2 is 1.45 bits per heavy atom. The number of Topliss-reactive ketones (excluding diaryl/α,β-unsaturated/α-hetero) is 5. The van der Waals surface area contributed by atoms with Gasteiger partial charge >= 0.3 is 0 Å². The van der Waals surface area contributed by atoms with Gasteiger partial charge in [-0.1, -0.05) is 0 Å². The Morgan fingerprint density at radius 3 is 1.88 bits per heavy atom. The Kier molecular flexibility index (Phi) is 6.79. The van der Waals surface area contributed by atoms with Crippen LogP contribution in [0.3, 0.4) is 0 Å². The summed E-state index contributed by atoms with van der Waals surface area (Å²) in [7, 11) is 5.81. The number of hydrogen-bond donors (Lipinski definition) is 5. The van der Waals surface area contributed by atoms with Crippen LogP contribution in [0.4, 0.5) is 5.69 Å². The number of aromatic hydroxyl groups is 1. The van der Waals surface area contributed by atoms with E-state index in [-0.39, 0.29) is 17.5 Å². The number of amides is 1. The third kappa shape index (κ3) is 3.25. The van der Waals surface area contributed by atoms with Gasteiger partial charge in [-0.3, -0.25) is 33.7 Å². The fourth-order valence-electron chi connectivity index (χ4n) is 7.66. The minimum atomic E-state index is -3.52. The maximum absolute atomic E-state index is 14.4. The first-order valence-electron chi connectivity index (χ1n) is 13.0. The molecule has 0 saturated heterocycles. The molecule has 13 nitrogen and oxygen atoms in total. The Hall–Kier alpha value is -4.36. The van der Waals surface area contributed by atoms with Crippen molar-refractivity contribution in [3.63, 3.8) is 0 Å². The van der Waals surface area contributed by atoms with Crippen molar-refractivity contribution in [1.29, 1.82) is 0 Å². The molecule has 4 rings (SSSR count). The quantitative estimate of drug-likeness (QED) is 0.217. The summed E-state index contributed by atoms with van der Waals surface area (Å²) in [5.41, 5.74) is -4.88. The third-order valence-electron chi connectivity index (χ3n) is 9.25. The van der Waals surface area contributed by atoms with E-state index < -0.39 is 91.6 Å². The van der Waals surface area contributed by atoms with Crippen molar-refractivity contribution in [2.24, 2.45) is 23.0 Å². The van der Waals surface area contributed by atoms with Crippen molar-refractivity contribution >= 4 is 46.3 Å². The molecule has 224 valence electrons. The molecule has 1 saturated carbocycles. The Bertz CT molecular complexity index is 1570. The maximum Gasteiger partial charge on any atom is 0.255 e. The van der Waals surface area contributed by atoms with Crippen molar-refractivity contribution < 1.29 is 49.2 Å². The van der Waals surface area contributed by atoms with Crippen LogP contribution in [0.5, 0.6) is 5.75 Å². The van der Waals surface area contributed by atoms with Crippen LogP contribution in [0.1, 0.15) is 31.9 Å². The molecule has 0 bridgehead atoms. The monoisotopic (exact) mass is 583 g/mol. The number of likely N-dealkylation sites (N-methyl/N-ethyl adjacent to an activating group) is 1. The summed E-state index contributed by atoms with van der Waals surface area (Å²) in [5, 5.41) is 46.1. The van der Waals surface area contributed by atoms with E-state index in [2.05, 4.69) is 0 Å². The molecule has 1 fully saturated rings. The van der Waals surface area contributed by atoms with Gasteiger partial charge in [0.2, 0.25) is 11.6 Å². The number of carbonyl (C=O) groups excluding carboxylic acids is 6. The second-order valence-electron chi connectivity index (χ2n) is 11.5. The van der Waals surface area contributed by atoms with Crippen LogP contribution in [0.2, 0.25) is 0 Å². The lowest BCUT2D eigenvalue weighted by molar-refractivity contribution is -0.193. The van der Waals surface area contributed by atoms with E-state index in [1.54, 1.807) is 19.0 Å². The van der Waals surface area contributed by atoms with Crippen molar-refractivity contribution in [2.75, 3.05) is 33.1 Å². The zero-order chi connectivity index (χ0) is 32.0. The van der Waals surface area contributed by atoms with Crippen molar-refractivity contribution in [3.8, 4) is 5.75 Å². The van der Waals surface area contributed by atoms with Crippen molar-refractivity contribution in [2.45, 2.75) is 38.3 Å². The predicted molar refractivity (Wildman–Crippen MR) is 147 cm³/mol.